The van der Waals surface area contributed by atoms with Crippen molar-refractivity contribution >= 4 is 0 Å². The van der Waals surface area contributed by atoms with Gasteiger partial charge in [-0.3, -0.25) is 9.88 Å². The van der Waals surface area contributed by atoms with E-state index in [0.717, 1.165) is 18.2 Å². The molecule has 1 aliphatic heterocycles. The van der Waals surface area contributed by atoms with Crippen LogP contribution in [0.15, 0.2) is 18.3 Å². The molecule has 2 heterocycles. The van der Waals surface area contributed by atoms with Gasteiger partial charge in [0, 0.05) is 52.0 Å². The number of hydrogen-bond donors (Lipinski definition) is 1. The number of aromatic nitrogens is 1. The molecule has 2 N–H and O–H groups in total. The molecule has 3 rings (SSSR count). The highest BCUT2D eigenvalue weighted by atomic mass is 15.3. The van der Waals surface area contributed by atoms with Gasteiger partial charge >= 0.3 is 0 Å². The topological polar surface area (TPSA) is 45.4 Å². The highest BCUT2D eigenvalue weighted by Gasteiger charge is 2.26. The minimum absolute atomic E-state index is 0.540. The van der Waals surface area contributed by atoms with E-state index in [1.165, 1.54) is 51.1 Å². The maximum absolute atomic E-state index is 5.75. The summed E-state index contributed by atoms with van der Waals surface area (Å²) >= 11 is 0. The Hall–Kier alpha value is -0.970. The number of hydrogen-bond acceptors (Lipinski definition) is 4. The van der Waals surface area contributed by atoms with E-state index in [1.54, 1.807) is 0 Å². The molecule has 1 saturated carbocycles. The van der Waals surface area contributed by atoms with Crippen LogP contribution in [0, 0.1) is 5.92 Å². The van der Waals surface area contributed by atoms with E-state index < -0.39 is 0 Å². The summed E-state index contributed by atoms with van der Waals surface area (Å²) in [6.45, 7) is 7.64. The molecule has 0 radical (unpaired) electrons. The first-order valence-electron chi connectivity index (χ1n) is 7.42. The van der Waals surface area contributed by atoms with Crippen molar-refractivity contribution in [3.63, 3.8) is 0 Å². The summed E-state index contributed by atoms with van der Waals surface area (Å²) in [5.74, 6) is 1.01. The second kappa shape index (κ2) is 5.99. The summed E-state index contributed by atoms with van der Waals surface area (Å²) in [4.78, 5) is 9.52. The summed E-state index contributed by atoms with van der Waals surface area (Å²) in [5.41, 5.74) is 8.09. The molecule has 19 heavy (non-hydrogen) atoms. The molecule has 0 bridgehead atoms. The molecule has 0 aromatic carbocycles. The van der Waals surface area contributed by atoms with Gasteiger partial charge in [-0.15, -0.1) is 0 Å². The van der Waals surface area contributed by atoms with Crippen molar-refractivity contribution in [2.24, 2.45) is 11.7 Å². The van der Waals surface area contributed by atoms with Crippen molar-refractivity contribution in [3.8, 4) is 0 Å². The molecule has 0 atom stereocenters. The molecule has 4 nitrogen and oxygen atoms in total. The van der Waals surface area contributed by atoms with Crippen LogP contribution >= 0.6 is 0 Å². The first-order chi connectivity index (χ1) is 9.35. The van der Waals surface area contributed by atoms with E-state index in [1.807, 2.05) is 12.3 Å². The predicted octanol–water partition coefficient (Wildman–Crippen LogP) is 1.07. The van der Waals surface area contributed by atoms with Crippen LogP contribution < -0.4 is 5.73 Å². The quantitative estimate of drug-likeness (QED) is 0.860. The van der Waals surface area contributed by atoms with Gasteiger partial charge in [0.05, 0.1) is 5.69 Å². The molecule has 1 aromatic heterocycles. The third-order valence-electron chi connectivity index (χ3n) is 4.25. The Morgan fingerprint density at radius 3 is 2.58 bits per heavy atom. The van der Waals surface area contributed by atoms with Gasteiger partial charge in [-0.25, -0.2) is 0 Å². The van der Waals surface area contributed by atoms with Gasteiger partial charge in [0.1, 0.15) is 0 Å². The van der Waals surface area contributed by atoms with Crippen LogP contribution in [0.5, 0.6) is 0 Å². The summed E-state index contributed by atoms with van der Waals surface area (Å²) < 4.78 is 0. The Balaban J connectivity index is 1.50. The summed E-state index contributed by atoms with van der Waals surface area (Å²) in [5, 5.41) is 0. The zero-order chi connectivity index (χ0) is 13.1. The summed E-state index contributed by atoms with van der Waals surface area (Å²) in [6, 6.07) is 4.17. The summed E-state index contributed by atoms with van der Waals surface area (Å²) in [7, 11) is 0. The molecular formula is C15H24N4. The second-order valence-corrected chi connectivity index (χ2v) is 5.83. The number of piperazine rings is 1. The molecule has 2 aliphatic rings. The van der Waals surface area contributed by atoms with E-state index in [2.05, 4.69) is 20.9 Å². The van der Waals surface area contributed by atoms with Crippen LogP contribution in [-0.2, 0) is 13.1 Å². The van der Waals surface area contributed by atoms with Crippen molar-refractivity contribution in [1.82, 2.24) is 14.8 Å². The van der Waals surface area contributed by atoms with Crippen LogP contribution in [0.25, 0.3) is 0 Å². The Labute approximate surface area is 115 Å². The van der Waals surface area contributed by atoms with Gasteiger partial charge in [-0.1, -0.05) is 6.07 Å². The van der Waals surface area contributed by atoms with Gasteiger partial charge in [0.15, 0.2) is 0 Å². The Kier molecular flexibility index (Phi) is 4.11. The normalized spacial score (nSPS) is 21.7. The first-order valence-corrected chi connectivity index (χ1v) is 7.42. The molecule has 0 unspecified atom stereocenters. The van der Waals surface area contributed by atoms with Gasteiger partial charge in [0.25, 0.3) is 0 Å². The number of rotatable bonds is 5. The van der Waals surface area contributed by atoms with Crippen LogP contribution in [0.1, 0.15) is 24.1 Å². The van der Waals surface area contributed by atoms with E-state index in [0.29, 0.717) is 6.54 Å². The lowest BCUT2D eigenvalue weighted by Crippen LogP contribution is -2.46. The zero-order valence-corrected chi connectivity index (χ0v) is 11.6. The van der Waals surface area contributed by atoms with Crippen molar-refractivity contribution in [2.45, 2.75) is 25.9 Å². The van der Waals surface area contributed by atoms with E-state index in [4.69, 9.17) is 5.73 Å². The number of pyridine rings is 1. The molecule has 1 aromatic rings. The largest absolute Gasteiger partial charge is 0.325 e. The summed E-state index contributed by atoms with van der Waals surface area (Å²) in [6.07, 6.45) is 4.74. The van der Waals surface area contributed by atoms with Crippen molar-refractivity contribution in [2.75, 3.05) is 32.7 Å². The van der Waals surface area contributed by atoms with Gasteiger partial charge < -0.3 is 10.6 Å². The van der Waals surface area contributed by atoms with Crippen molar-refractivity contribution in [1.29, 1.82) is 0 Å². The molecule has 1 aliphatic carbocycles. The third kappa shape index (κ3) is 3.53. The SMILES string of the molecule is NCc1ncccc1CN1CCN(CC2CC2)CC1. The maximum Gasteiger partial charge on any atom is 0.0584 e. The Morgan fingerprint density at radius 1 is 1.16 bits per heavy atom. The predicted molar refractivity (Wildman–Crippen MR) is 76.6 cm³/mol. The van der Waals surface area contributed by atoms with E-state index in [9.17, 15) is 0 Å². The minimum atomic E-state index is 0.540. The smallest absolute Gasteiger partial charge is 0.0584 e. The highest BCUT2D eigenvalue weighted by molar-refractivity contribution is 5.19. The highest BCUT2D eigenvalue weighted by Crippen LogP contribution is 2.30. The molecular weight excluding hydrogens is 236 g/mol. The monoisotopic (exact) mass is 260 g/mol. The van der Waals surface area contributed by atoms with Crippen LogP contribution in [0.4, 0.5) is 0 Å². The fraction of sp³-hybridized carbons (Fsp3) is 0.667. The molecule has 1 saturated heterocycles. The van der Waals surface area contributed by atoms with Gasteiger partial charge in [-0.2, -0.15) is 0 Å². The zero-order valence-electron chi connectivity index (χ0n) is 11.6. The first kappa shape index (κ1) is 13.0. The average molecular weight is 260 g/mol. The van der Waals surface area contributed by atoms with Crippen molar-refractivity contribution in [3.05, 3.63) is 29.6 Å². The lowest BCUT2D eigenvalue weighted by atomic mass is 10.1. The molecule has 2 fully saturated rings. The maximum atomic E-state index is 5.75. The molecule has 0 amide bonds. The fourth-order valence-corrected chi connectivity index (χ4v) is 2.84. The van der Waals surface area contributed by atoms with Crippen LogP contribution in [0.3, 0.4) is 0 Å². The fourth-order valence-electron chi connectivity index (χ4n) is 2.84. The average Bonchev–Trinajstić information content (AvgIpc) is 3.26. The van der Waals surface area contributed by atoms with E-state index in [-0.39, 0.29) is 0 Å². The Bertz CT molecular complexity index is 408. The number of nitrogens with zero attached hydrogens (tertiary/aromatic N) is 3. The molecule has 0 spiro atoms. The van der Waals surface area contributed by atoms with Crippen LogP contribution in [0.2, 0.25) is 0 Å². The molecule has 4 heteroatoms. The Morgan fingerprint density at radius 2 is 1.89 bits per heavy atom. The third-order valence-corrected chi connectivity index (χ3v) is 4.25. The lowest BCUT2D eigenvalue weighted by molar-refractivity contribution is 0.123. The van der Waals surface area contributed by atoms with Crippen molar-refractivity contribution < 1.29 is 0 Å². The second-order valence-electron chi connectivity index (χ2n) is 5.83. The van der Waals surface area contributed by atoms with Gasteiger partial charge in [-0.05, 0) is 30.4 Å². The minimum Gasteiger partial charge on any atom is -0.325 e. The standard InChI is InChI=1S/C15H24N4/c16-10-15-14(2-1-5-17-15)12-19-8-6-18(7-9-19)11-13-3-4-13/h1-2,5,13H,3-4,6-12,16H2. The van der Waals surface area contributed by atoms with E-state index >= 15 is 0 Å². The van der Waals surface area contributed by atoms with Crippen LogP contribution in [-0.4, -0.2) is 47.5 Å². The number of nitrogens with two attached hydrogens (primary N) is 1. The van der Waals surface area contributed by atoms with Gasteiger partial charge in [0.2, 0.25) is 0 Å². The molecule has 104 valence electrons. The lowest BCUT2D eigenvalue weighted by Gasteiger charge is -2.35.